The Balaban J connectivity index is 0.940. The Morgan fingerprint density at radius 3 is 0.510 bits per heavy atom. The van der Waals surface area contributed by atoms with E-state index in [0.717, 1.165) is 112 Å². The molecule has 8 N–H and O–H groups in total. The van der Waals surface area contributed by atoms with Crippen molar-refractivity contribution in [2.45, 2.75) is 49.4 Å². The number of rotatable bonds is 16. The molecule has 16 heteroatoms. The van der Waals surface area contributed by atoms with Crippen molar-refractivity contribution in [3.8, 4) is 70.4 Å². The van der Waals surface area contributed by atoms with Crippen LogP contribution >= 0.6 is 0 Å². The van der Waals surface area contributed by atoms with Crippen LogP contribution in [0.25, 0.3) is 0 Å². The highest BCUT2D eigenvalue weighted by atomic mass is 16.5. The van der Waals surface area contributed by atoms with E-state index in [2.05, 4.69) is 192 Å². The summed E-state index contributed by atoms with van der Waals surface area (Å²) >= 11 is 0. The molecule has 8 aromatic carbocycles. The summed E-state index contributed by atoms with van der Waals surface area (Å²) in [5, 5.41) is 36.5. The highest BCUT2D eigenvalue weighted by molar-refractivity contribution is 5.70. The van der Waals surface area contributed by atoms with Crippen molar-refractivity contribution in [1.82, 2.24) is 19.9 Å². The van der Waals surface area contributed by atoms with Gasteiger partial charge in [0.15, 0.2) is 26.4 Å². The summed E-state index contributed by atoms with van der Waals surface area (Å²) in [6, 6.07) is 78.4. The summed E-state index contributed by atoms with van der Waals surface area (Å²) in [7, 11) is 0. The van der Waals surface area contributed by atoms with Crippen molar-refractivity contribution in [3.63, 3.8) is 0 Å². The van der Waals surface area contributed by atoms with Crippen molar-refractivity contribution in [2.24, 2.45) is 0 Å². The molecule has 0 unspecified atom stereocenters. The predicted octanol–water partition coefficient (Wildman–Crippen LogP) is 14.2. The first-order valence-corrected chi connectivity index (χ1v) is 33.3. The molecular formula is C88H68N4O12. The second kappa shape index (κ2) is 29.2. The maximum Gasteiger partial charge on any atom is 0.341 e. The zero-order chi connectivity index (χ0) is 72.6. The fourth-order valence-corrected chi connectivity index (χ4v) is 13.0. The molecule has 16 nitrogen and oxygen atoms in total. The quantitative estimate of drug-likeness (QED) is 0.0421. The van der Waals surface area contributed by atoms with Gasteiger partial charge in [-0.05, 0) is 244 Å². The molecular weight excluding hydrogens is 1300 g/mol. The van der Waals surface area contributed by atoms with E-state index in [1.165, 1.54) is 0 Å². The highest BCUT2D eigenvalue weighted by Gasteiger charge is 2.44. The summed E-state index contributed by atoms with van der Waals surface area (Å²) in [4.78, 5) is 60.8. The van der Waals surface area contributed by atoms with Gasteiger partial charge in [-0.15, -0.1) is 0 Å². The van der Waals surface area contributed by atoms with Crippen LogP contribution in [0.3, 0.4) is 0 Å². The lowest BCUT2D eigenvalue weighted by Crippen LogP contribution is -2.32. The van der Waals surface area contributed by atoms with Crippen LogP contribution in [0.5, 0.6) is 23.0 Å². The maximum atomic E-state index is 11.1. The molecule has 8 bridgehead atoms. The third-order valence-corrected chi connectivity index (χ3v) is 19.2. The average molecular weight is 1370 g/mol. The third kappa shape index (κ3) is 14.6. The first-order valence-electron chi connectivity index (χ1n) is 33.3. The Kier molecular flexibility index (Phi) is 19.3. The monoisotopic (exact) mass is 1370 g/mol. The molecule has 4 aromatic heterocycles. The zero-order valence-electron chi connectivity index (χ0n) is 57.0. The van der Waals surface area contributed by atoms with Gasteiger partial charge < -0.3 is 59.3 Å². The lowest BCUT2D eigenvalue weighted by molar-refractivity contribution is -0.140. The molecule has 1 aliphatic heterocycles. The Morgan fingerprint density at radius 2 is 0.375 bits per heavy atom. The molecule has 104 heavy (non-hydrogen) atoms. The topological polar surface area (TPSA) is 249 Å². The Labute approximate surface area is 600 Å². The van der Waals surface area contributed by atoms with Crippen molar-refractivity contribution >= 4 is 23.9 Å². The second-order valence-electron chi connectivity index (χ2n) is 25.8. The highest BCUT2D eigenvalue weighted by Crippen LogP contribution is 2.48. The molecule has 0 atom stereocenters. The first kappa shape index (κ1) is 68.7. The van der Waals surface area contributed by atoms with Crippen molar-refractivity contribution in [1.29, 1.82) is 0 Å². The molecule has 512 valence electrons. The summed E-state index contributed by atoms with van der Waals surface area (Å²) in [6.45, 7) is 7.11. The number of hydrogen-bond acceptors (Lipinski definition) is 8. The van der Waals surface area contributed by atoms with Crippen LogP contribution in [0.15, 0.2) is 243 Å². The summed E-state index contributed by atoms with van der Waals surface area (Å²) < 4.78 is 21.4. The van der Waals surface area contributed by atoms with E-state index < -0.39 is 72.0 Å². The Morgan fingerprint density at radius 1 is 0.240 bits per heavy atom. The van der Waals surface area contributed by atoms with Gasteiger partial charge in [0.2, 0.25) is 0 Å². The number of benzene rings is 8. The minimum absolute atomic E-state index is 0.432. The van der Waals surface area contributed by atoms with Crippen molar-refractivity contribution in [3.05, 3.63) is 355 Å². The number of aliphatic carboxylic acids is 4. The average Bonchev–Trinajstić information content (AvgIpc) is 1.55. The largest absolute Gasteiger partial charge is 0.482 e. The smallest absolute Gasteiger partial charge is 0.341 e. The number of fused-ring (bicyclic) bond motifs is 8. The number of H-pyrrole nitrogens is 4. The fourth-order valence-electron chi connectivity index (χ4n) is 13.0. The predicted molar refractivity (Wildman–Crippen MR) is 393 cm³/mol. The maximum absolute atomic E-state index is 11.1. The number of hydrogen-bond donors (Lipinski definition) is 8. The van der Waals surface area contributed by atoms with Gasteiger partial charge in [0, 0.05) is 90.1 Å². The van der Waals surface area contributed by atoms with Gasteiger partial charge in [-0.1, -0.05) is 95.9 Å². The minimum atomic E-state index is -1.06. The number of carbonyl (C=O) groups is 4. The second-order valence-corrected chi connectivity index (χ2v) is 25.8. The molecule has 0 saturated heterocycles. The molecule has 0 saturated carbocycles. The van der Waals surface area contributed by atoms with Gasteiger partial charge in [0.05, 0.1) is 21.7 Å². The van der Waals surface area contributed by atoms with Crippen LogP contribution < -0.4 is 18.9 Å². The van der Waals surface area contributed by atoms with Crippen LogP contribution in [0.1, 0.15) is 140 Å². The molecule has 0 radical (unpaired) electrons. The Hall–Kier alpha value is -13.8. The van der Waals surface area contributed by atoms with Crippen LogP contribution in [0.4, 0.5) is 0 Å². The van der Waals surface area contributed by atoms with Gasteiger partial charge in [-0.3, -0.25) is 0 Å². The van der Waals surface area contributed by atoms with E-state index >= 15 is 0 Å². The molecule has 12 aromatic rings. The van der Waals surface area contributed by atoms with Gasteiger partial charge in [-0.2, -0.15) is 0 Å². The standard InChI is InChI=1S/C88H68N4O12/c1-85(65-29-13-57(14-30-65)5-9-61-21-37-69(38-22-61)101-53-81(93)94)73-45-47-75(89-73)86(2,66-31-15-58(16-32-66)6-10-62-23-39-70(40-24-62)102-54-82(95)96)77-49-51-79(91-77)88(4,68-35-19-60(20-36-68)8-12-64-27-43-72(44-28-64)104-56-84(99)100)80-52-50-78(92-80)87(3,76-48-46-74(85)90-76)67-33-17-59(18-34-67)7-11-63-25-41-71(42-26-63)103-55-83(97)98/h13-52,89-92H,53-56H2,1-4H3,(H,93,94)(H,95,96)(H,97,98)(H,99,100). The summed E-state index contributed by atoms with van der Waals surface area (Å²) in [5.74, 6) is 23.8. The lowest BCUT2D eigenvalue weighted by atomic mass is 9.76. The van der Waals surface area contributed by atoms with E-state index in [0.29, 0.717) is 23.0 Å². The van der Waals surface area contributed by atoms with E-state index in [4.69, 9.17) is 39.4 Å². The summed E-state index contributed by atoms with van der Waals surface area (Å²) in [5.41, 5.74) is 13.7. The SMILES string of the molecule is CC1(c2ccc(C#Cc3ccc(OCC(=O)O)cc3)cc2)c2ccc([nH]2)C(C)(c2ccc(C#Cc3ccc(OCC(=O)O)cc3)cc2)c2ccc([nH]2)C(C)(c2ccc(C#Cc3ccc(OCC(=O)O)cc3)cc2)c2ccc([nH]2)C(C)(c2ccc(C#Cc3ccc(OCC(=O)O)cc3)cc2)c2ccc1[nH]2. The normalized spacial score (nSPS) is 17.0. The van der Waals surface area contributed by atoms with Crippen LogP contribution in [-0.2, 0) is 40.8 Å². The number of aromatic amines is 4. The van der Waals surface area contributed by atoms with E-state index in [1.54, 1.807) is 97.1 Å². The van der Waals surface area contributed by atoms with Crippen LogP contribution in [0, 0.1) is 47.4 Å². The van der Waals surface area contributed by atoms with E-state index in [-0.39, 0.29) is 0 Å². The molecule has 5 heterocycles. The number of carboxylic acids is 4. The van der Waals surface area contributed by atoms with Gasteiger partial charge in [0.1, 0.15) is 23.0 Å². The number of nitrogens with one attached hydrogen (secondary N) is 4. The molecule has 1 aliphatic rings. The number of aromatic nitrogens is 4. The van der Waals surface area contributed by atoms with Gasteiger partial charge in [0.25, 0.3) is 0 Å². The Bertz CT molecular complexity index is 4680. The molecule has 0 spiro atoms. The summed E-state index contributed by atoms with van der Waals surface area (Å²) in [6.07, 6.45) is 0. The van der Waals surface area contributed by atoms with E-state index in [1.807, 2.05) is 48.5 Å². The molecule has 0 aliphatic carbocycles. The minimum Gasteiger partial charge on any atom is -0.482 e. The molecule has 0 amide bonds. The van der Waals surface area contributed by atoms with Crippen molar-refractivity contribution in [2.75, 3.05) is 26.4 Å². The zero-order valence-corrected chi connectivity index (χ0v) is 57.0. The third-order valence-electron chi connectivity index (χ3n) is 19.2. The van der Waals surface area contributed by atoms with Gasteiger partial charge >= 0.3 is 23.9 Å². The number of ether oxygens (including phenoxy) is 4. The molecule has 13 rings (SSSR count). The van der Waals surface area contributed by atoms with Crippen LogP contribution in [0.2, 0.25) is 0 Å². The van der Waals surface area contributed by atoms with Crippen LogP contribution in [-0.4, -0.2) is 90.7 Å². The van der Waals surface area contributed by atoms with E-state index in [9.17, 15) is 19.2 Å². The first-order chi connectivity index (χ1) is 50.2. The van der Waals surface area contributed by atoms with Gasteiger partial charge in [-0.25, -0.2) is 19.2 Å². The lowest BCUT2D eigenvalue weighted by Gasteiger charge is -2.34. The molecule has 0 fully saturated rings. The fraction of sp³-hybridized carbons (Fsp3) is 0.136. The number of carboxylic acid groups (broad SMARTS) is 4. The van der Waals surface area contributed by atoms with Crippen molar-refractivity contribution < 1.29 is 58.6 Å².